The molecule has 2 amide bonds. The number of rotatable bonds is 14. The molecule has 39 heavy (non-hydrogen) atoms. The van der Waals surface area contributed by atoms with Gasteiger partial charge >= 0.3 is 0 Å². The minimum absolute atomic E-state index is 0.0814. The van der Waals surface area contributed by atoms with Crippen molar-refractivity contribution in [3.05, 3.63) is 95.0 Å². The highest BCUT2D eigenvalue weighted by molar-refractivity contribution is 9.10. The summed E-state index contributed by atoms with van der Waals surface area (Å²) in [4.78, 5) is 28.8. The van der Waals surface area contributed by atoms with Gasteiger partial charge in [-0.15, -0.1) is 0 Å². The van der Waals surface area contributed by atoms with Crippen molar-refractivity contribution in [3.8, 4) is 0 Å². The summed E-state index contributed by atoms with van der Waals surface area (Å²) < 4.78 is 29.4. The molecular weight excluding hydrogens is 578 g/mol. The Morgan fingerprint density at radius 1 is 0.923 bits per heavy atom. The van der Waals surface area contributed by atoms with Gasteiger partial charge in [-0.2, -0.15) is 0 Å². The van der Waals surface area contributed by atoms with E-state index in [2.05, 4.69) is 21.2 Å². The summed E-state index contributed by atoms with van der Waals surface area (Å²) in [5, 5.41) is 2.95. The van der Waals surface area contributed by atoms with Crippen LogP contribution in [-0.4, -0.2) is 50.8 Å². The van der Waals surface area contributed by atoms with Gasteiger partial charge in [-0.05, 0) is 55.2 Å². The van der Waals surface area contributed by atoms with E-state index in [-0.39, 0.29) is 17.3 Å². The van der Waals surface area contributed by atoms with Gasteiger partial charge in [0.1, 0.15) is 12.6 Å². The van der Waals surface area contributed by atoms with E-state index in [9.17, 15) is 18.0 Å². The molecule has 208 valence electrons. The Morgan fingerprint density at radius 2 is 1.59 bits per heavy atom. The second kappa shape index (κ2) is 14.8. The fourth-order valence-corrected chi connectivity index (χ4v) is 6.10. The fourth-order valence-electron chi connectivity index (χ4n) is 4.28. The van der Waals surface area contributed by atoms with Crippen LogP contribution in [0.3, 0.4) is 0 Å². The molecule has 0 spiro atoms. The van der Waals surface area contributed by atoms with E-state index in [0.717, 1.165) is 22.7 Å². The lowest BCUT2D eigenvalue weighted by atomic mass is 10.1. The third kappa shape index (κ3) is 8.41. The Bertz CT molecular complexity index is 1320. The van der Waals surface area contributed by atoms with E-state index in [0.29, 0.717) is 29.5 Å². The number of carbonyl (C=O) groups excluding carboxylic acids is 2. The van der Waals surface area contributed by atoms with E-state index < -0.39 is 28.5 Å². The van der Waals surface area contributed by atoms with E-state index in [4.69, 9.17) is 0 Å². The minimum Gasteiger partial charge on any atom is -0.354 e. The Hall–Kier alpha value is -3.17. The van der Waals surface area contributed by atoms with Crippen LogP contribution in [0.1, 0.15) is 38.7 Å². The van der Waals surface area contributed by atoms with Crippen LogP contribution in [0, 0.1) is 0 Å². The molecule has 0 unspecified atom stereocenters. The summed E-state index contributed by atoms with van der Waals surface area (Å²) in [6.07, 6.45) is 2.72. The summed E-state index contributed by atoms with van der Waals surface area (Å²) in [6, 6.07) is 23.9. The summed E-state index contributed by atoms with van der Waals surface area (Å²) in [6.45, 7) is 4.27. The molecule has 0 aliphatic carbocycles. The highest BCUT2D eigenvalue weighted by Crippen LogP contribution is 2.27. The van der Waals surface area contributed by atoms with Gasteiger partial charge in [0.05, 0.1) is 10.6 Å². The van der Waals surface area contributed by atoms with Crippen molar-refractivity contribution in [2.75, 3.05) is 23.9 Å². The Morgan fingerprint density at radius 3 is 2.21 bits per heavy atom. The van der Waals surface area contributed by atoms with Crippen molar-refractivity contribution < 1.29 is 18.0 Å². The van der Waals surface area contributed by atoms with Crippen LogP contribution in [-0.2, 0) is 26.0 Å². The molecule has 3 aromatic rings. The number of nitrogens with zero attached hydrogens (tertiary/aromatic N) is 2. The second-order valence-electron chi connectivity index (χ2n) is 9.20. The molecule has 0 aliphatic rings. The van der Waals surface area contributed by atoms with Crippen molar-refractivity contribution in [3.63, 3.8) is 0 Å². The van der Waals surface area contributed by atoms with Crippen LogP contribution in [0.25, 0.3) is 0 Å². The number of anilines is 1. The molecule has 0 bridgehead atoms. The van der Waals surface area contributed by atoms with Crippen molar-refractivity contribution in [1.82, 2.24) is 10.2 Å². The summed E-state index contributed by atoms with van der Waals surface area (Å²) in [5.41, 5.74) is 1.38. The lowest BCUT2D eigenvalue weighted by Gasteiger charge is -2.33. The first-order valence-electron chi connectivity index (χ1n) is 13.2. The lowest BCUT2D eigenvalue weighted by Crippen LogP contribution is -2.53. The number of nitrogens with one attached hydrogen (secondary N) is 1. The zero-order chi connectivity index (χ0) is 28.3. The number of hydrogen-bond acceptors (Lipinski definition) is 4. The Balaban J connectivity index is 1.97. The SMILES string of the molecule is CCCCNC(=O)[C@H](CC)N(CCc1ccccc1)C(=O)CN(c1cccc(Br)c1)S(=O)(=O)c1ccccc1. The van der Waals surface area contributed by atoms with Crippen LogP contribution in [0.5, 0.6) is 0 Å². The summed E-state index contributed by atoms with van der Waals surface area (Å²) >= 11 is 3.41. The molecule has 1 atom stereocenters. The van der Waals surface area contributed by atoms with Crippen molar-refractivity contribution in [1.29, 1.82) is 0 Å². The Labute approximate surface area is 240 Å². The van der Waals surface area contributed by atoms with Crippen LogP contribution in [0.4, 0.5) is 5.69 Å². The van der Waals surface area contributed by atoms with E-state index in [1.807, 2.05) is 44.2 Å². The molecule has 7 nitrogen and oxygen atoms in total. The standard InChI is InChI=1S/C30H36BrN3O4S/c1-3-5-20-32-30(36)28(4-2)33(21-19-24-13-8-6-9-14-24)29(35)23-34(26-16-12-15-25(31)22-26)39(37,38)27-17-10-7-11-18-27/h6-18,22,28H,3-5,19-21,23H2,1-2H3,(H,32,36)/t28-/m0/s1. The molecular formula is C30H36BrN3O4S. The number of benzene rings is 3. The zero-order valence-corrected chi connectivity index (χ0v) is 24.8. The number of halogens is 1. The van der Waals surface area contributed by atoms with Gasteiger partial charge in [-0.3, -0.25) is 13.9 Å². The zero-order valence-electron chi connectivity index (χ0n) is 22.4. The number of sulfonamides is 1. The van der Waals surface area contributed by atoms with Crippen LogP contribution in [0.2, 0.25) is 0 Å². The lowest BCUT2D eigenvalue weighted by molar-refractivity contribution is -0.139. The highest BCUT2D eigenvalue weighted by atomic mass is 79.9. The molecule has 0 saturated heterocycles. The smallest absolute Gasteiger partial charge is 0.264 e. The number of hydrogen-bond donors (Lipinski definition) is 1. The first-order valence-corrected chi connectivity index (χ1v) is 15.5. The van der Waals surface area contributed by atoms with E-state index in [1.54, 1.807) is 42.5 Å². The second-order valence-corrected chi connectivity index (χ2v) is 12.0. The topological polar surface area (TPSA) is 86.8 Å². The monoisotopic (exact) mass is 613 g/mol. The van der Waals surface area contributed by atoms with Gasteiger partial charge < -0.3 is 10.2 Å². The predicted molar refractivity (Wildman–Crippen MR) is 159 cm³/mol. The molecule has 3 aromatic carbocycles. The van der Waals surface area contributed by atoms with Gasteiger partial charge in [-0.25, -0.2) is 8.42 Å². The molecule has 1 N–H and O–H groups in total. The van der Waals surface area contributed by atoms with Crippen LogP contribution < -0.4 is 9.62 Å². The number of amides is 2. The minimum atomic E-state index is -4.07. The normalized spacial score (nSPS) is 12.0. The third-order valence-electron chi connectivity index (χ3n) is 6.41. The molecule has 0 aliphatic heterocycles. The van der Waals surface area contributed by atoms with Crippen LogP contribution >= 0.6 is 15.9 Å². The first kappa shape index (κ1) is 30.4. The van der Waals surface area contributed by atoms with Gasteiger partial charge in [-0.1, -0.05) is 90.8 Å². The molecule has 0 heterocycles. The van der Waals surface area contributed by atoms with Crippen molar-refractivity contribution >= 4 is 43.5 Å². The maximum Gasteiger partial charge on any atom is 0.264 e. The van der Waals surface area contributed by atoms with E-state index in [1.165, 1.54) is 17.0 Å². The van der Waals surface area contributed by atoms with Crippen molar-refractivity contribution in [2.24, 2.45) is 0 Å². The van der Waals surface area contributed by atoms with E-state index >= 15 is 0 Å². The quantitative estimate of drug-likeness (QED) is 0.246. The predicted octanol–water partition coefficient (Wildman–Crippen LogP) is 5.41. The van der Waals surface area contributed by atoms with Gasteiger partial charge in [0.25, 0.3) is 10.0 Å². The molecule has 0 aromatic heterocycles. The molecule has 3 rings (SSSR count). The average molecular weight is 615 g/mol. The van der Waals surface area contributed by atoms with Gasteiger partial charge in [0.15, 0.2) is 0 Å². The fraction of sp³-hybridized carbons (Fsp3) is 0.333. The number of carbonyl (C=O) groups is 2. The first-order chi connectivity index (χ1) is 18.8. The molecule has 0 saturated carbocycles. The maximum absolute atomic E-state index is 14.0. The highest BCUT2D eigenvalue weighted by Gasteiger charge is 2.33. The van der Waals surface area contributed by atoms with Gasteiger partial charge in [0, 0.05) is 17.6 Å². The molecule has 0 fully saturated rings. The summed E-state index contributed by atoms with van der Waals surface area (Å²) in [7, 11) is -4.07. The largest absolute Gasteiger partial charge is 0.354 e. The Kier molecular flexibility index (Phi) is 11.6. The molecule has 0 radical (unpaired) electrons. The third-order valence-corrected chi connectivity index (χ3v) is 8.69. The molecule has 9 heteroatoms. The summed E-state index contributed by atoms with van der Waals surface area (Å²) in [5.74, 6) is -0.671. The van der Waals surface area contributed by atoms with Crippen LogP contribution in [0.15, 0.2) is 94.3 Å². The number of unbranched alkanes of at least 4 members (excludes halogenated alkanes) is 1. The average Bonchev–Trinajstić information content (AvgIpc) is 2.94. The maximum atomic E-state index is 14.0. The van der Waals surface area contributed by atoms with Gasteiger partial charge in [0.2, 0.25) is 11.8 Å². The van der Waals surface area contributed by atoms with Crippen molar-refractivity contribution in [2.45, 2.75) is 50.5 Å².